The summed E-state index contributed by atoms with van der Waals surface area (Å²) in [6.07, 6.45) is 6.87. The van der Waals surface area contributed by atoms with Crippen molar-refractivity contribution in [3.63, 3.8) is 0 Å². The maximum absolute atomic E-state index is 13.6. The molecule has 0 saturated heterocycles. The third-order valence-electron chi connectivity index (χ3n) is 6.47. The lowest BCUT2D eigenvalue weighted by Gasteiger charge is -2.40. The van der Waals surface area contributed by atoms with E-state index in [-0.39, 0.29) is 38.7 Å². The quantitative estimate of drug-likeness (QED) is 0.514. The first-order chi connectivity index (χ1) is 17.0. The van der Waals surface area contributed by atoms with Crippen LogP contribution in [0, 0.1) is 0 Å². The molecule has 2 atom stereocenters. The van der Waals surface area contributed by atoms with E-state index in [2.05, 4.69) is 9.97 Å². The molecular formula is C24H26ClN5O5S. The van der Waals surface area contributed by atoms with E-state index in [0.29, 0.717) is 18.7 Å². The Labute approximate surface area is 213 Å². The fourth-order valence-corrected chi connectivity index (χ4v) is 5.67. The molecule has 3 aromatic rings. The minimum absolute atomic E-state index is 0.0684. The van der Waals surface area contributed by atoms with Gasteiger partial charge in [0, 0.05) is 18.9 Å². The highest BCUT2D eigenvalue weighted by Gasteiger charge is 2.36. The summed E-state index contributed by atoms with van der Waals surface area (Å²) < 4.78 is 25.7. The van der Waals surface area contributed by atoms with Crippen molar-refractivity contribution >= 4 is 50.0 Å². The van der Waals surface area contributed by atoms with Crippen molar-refractivity contribution in [2.75, 3.05) is 11.2 Å². The van der Waals surface area contributed by atoms with Gasteiger partial charge in [0.05, 0.1) is 44.8 Å². The van der Waals surface area contributed by atoms with Gasteiger partial charge in [-0.1, -0.05) is 31.4 Å². The van der Waals surface area contributed by atoms with Crippen molar-refractivity contribution in [1.29, 1.82) is 0 Å². The van der Waals surface area contributed by atoms with Gasteiger partial charge in [-0.25, -0.2) is 18.4 Å². The van der Waals surface area contributed by atoms with Gasteiger partial charge in [0.2, 0.25) is 11.8 Å². The molecule has 4 rings (SSSR count). The number of benzene rings is 1. The van der Waals surface area contributed by atoms with E-state index in [1.165, 1.54) is 35.3 Å². The van der Waals surface area contributed by atoms with Crippen LogP contribution in [0.25, 0.3) is 10.9 Å². The molecule has 12 heteroatoms. The molecule has 10 nitrogen and oxygen atoms in total. The largest absolute Gasteiger partial charge is 0.366 e. The van der Waals surface area contributed by atoms with E-state index >= 15 is 0 Å². The zero-order chi connectivity index (χ0) is 26.2. The summed E-state index contributed by atoms with van der Waals surface area (Å²) in [6.45, 7) is 1.74. The minimum Gasteiger partial charge on any atom is -0.366 e. The molecular weight excluding hydrogens is 506 g/mol. The monoisotopic (exact) mass is 531 g/mol. The van der Waals surface area contributed by atoms with Crippen LogP contribution in [0.1, 0.15) is 55.4 Å². The molecule has 1 saturated carbocycles. The molecule has 2 N–H and O–H groups in total. The zero-order valence-corrected chi connectivity index (χ0v) is 21.4. The van der Waals surface area contributed by atoms with E-state index in [1.54, 1.807) is 17.9 Å². The normalized spacial score (nSPS) is 18.2. The summed E-state index contributed by atoms with van der Waals surface area (Å²) in [6, 6.07) is 4.80. The number of nitrogens with zero attached hydrogens (tertiary/aromatic N) is 4. The van der Waals surface area contributed by atoms with Gasteiger partial charge in [-0.15, -0.1) is 0 Å². The molecule has 0 spiro atoms. The van der Waals surface area contributed by atoms with Crippen molar-refractivity contribution in [3.05, 3.63) is 57.7 Å². The third kappa shape index (κ3) is 4.85. The molecule has 1 aromatic carbocycles. The standard InChI is InChI=1S/C24H26ClN5O5S/c1-3-21(31)30(20-9-8-14(12-27-20)23(26)32)19-7-5-4-6-18(19)29-13-28-22-16(24(29)33)10-15(11-17(22)25)36(2,34)35/h8-13,18-19H,3-7H2,1-2H3,(H2,26,32). The van der Waals surface area contributed by atoms with Crippen LogP contribution >= 0.6 is 11.6 Å². The van der Waals surface area contributed by atoms with Gasteiger partial charge in [-0.3, -0.25) is 23.9 Å². The molecule has 190 valence electrons. The van der Waals surface area contributed by atoms with Crippen molar-refractivity contribution < 1.29 is 18.0 Å². The lowest BCUT2D eigenvalue weighted by atomic mass is 9.88. The number of pyridine rings is 1. The molecule has 36 heavy (non-hydrogen) atoms. The van der Waals surface area contributed by atoms with Crippen LogP contribution in [0.3, 0.4) is 0 Å². The van der Waals surface area contributed by atoms with Crippen LogP contribution in [0.2, 0.25) is 5.02 Å². The summed E-state index contributed by atoms with van der Waals surface area (Å²) in [4.78, 5) is 48.4. The summed E-state index contributed by atoms with van der Waals surface area (Å²) in [5.74, 6) is -0.456. The van der Waals surface area contributed by atoms with Gasteiger partial charge < -0.3 is 5.73 Å². The average molecular weight is 532 g/mol. The van der Waals surface area contributed by atoms with Gasteiger partial charge in [0.15, 0.2) is 9.84 Å². The summed E-state index contributed by atoms with van der Waals surface area (Å²) in [7, 11) is -3.61. The molecule has 0 aliphatic heterocycles. The number of hydrogen-bond acceptors (Lipinski definition) is 7. The number of carbonyl (C=O) groups is 2. The summed E-state index contributed by atoms with van der Waals surface area (Å²) in [5.41, 5.74) is 5.32. The first-order valence-electron chi connectivity index (χ1n) is 11.5. The van der Waals surface area contributed by atoms with Crippen LogP contribution in [-0.2, 0) is 14.6 Å². The van der Waals surface area contributed by atoms with Crippen LogP contribution in [-0.4, -0.2) is 47.1 Å². The number of amides is 2. The summed E-state index contributed by atoms with van der Waals surface area (Å²) in [5, 5.41) is 0.158. The van der Waals surface area contributed by atoms with Crippen LogP contribution in [0.15, 0.2) is 46.5 Å². The van der Waals surface area contributed by atoms with Crippen LogP contribution in [0.4, 0.5) is 5.82 Å². The number of carbonyl (C=O) groups excluding carboxylic acids is 2. The van der Waals surface area contributed by atoms with E-state index in [0.717, 1.165) is 19.1 Å². The number of hydrogen-bond donors (Lipinski definition) is 1. The Bertz CT molecular complexity index is 1500. The molecule has 1 aliphatic carbocycles. The van der Waals surface area contributed by atoms with Crippen LogP contribution < -0.4 is 16.2 Å². The van der Waals surface area contributed by atoms with Crippen molar-refractivity contribution in [3.8, 4) is 0 Å². The van der Waals surface area contributed by atoms with E-state index < -0.39 is 33.4 Å². The Morgan fingerprint density at radius 3 is 2.53 bits per heavy atom. The third-order valence-corrected chi connectivity index (χ3v) is 7.85. The van der Waals surface area contributed by atoms with Gasteiger partial charge >= 0.3 is 0 Å². The number of primary amides is 1. The Balaban J connectivity index is 1.84. The molecule has 0 radical (unpaired) electrons. The number of anilines is 1. The van der Waals surface area contributed by atoms with Gasteiger partial charge in [-0.05, 0) is 37.1 Å². The maximum atomic E-state index is 13.6. The van der Waals surface area contributed by atoms with Gasteiger partial charge in [0.25, 0.3) is 5.56 Å². The van der Waals surface area contributed by atoms with E-state index in [4.69, 9.17) is 17.3 Å². The number of fused-ring (bicyclic) bond motifs is 1. The maximum Gasteiger partial charge on any atom is 0.261 e. The lowest BCUT2D eigenvalue weighted by Crippen LogP contribution is -2.49. The second kappa shape index (κ2) is 9.98. The van der Waals surface area contributed by atoms with Gasteiger partial charge in [-0.2, -0.15) is 0 Å². The Morgan fingerprint density at radius 1 is 1.19 bits per heavy atom. The first kappa shape index (κ1) is 25.8. The SMILES string of the molecule is CCC(=O)N(c1ccc(C(N)=O)cn1)C1CCCCC1n1cnc2c(Cl)cc(S(C)(=O)=O)cc2c1=O. The van der Waals surface area contributed by atoms with Crippen LogP contribution in [0.5, 0.6) is 0 Å². The number of sulfone groups is 1. The molecule has 2 amide bonds. The number of rotatable bonds is 6. The summed E-state index contributed by atoms with van der Waals surface area (Å²) >= 11 is 6.26. The lowest BCUT2D eigenvalue weighted by molar-refractivity contribution is -0.119. The molecule has 2 unspecified atom stereocenters. The smallest absolute Gasteiger partial charge is 0.261 e. The van der Waals surface area contributed by atoms with E-state index in [1.807, 2.05) is 0 Å². The fourth-order valence-electron chi connectivity index (χ4n) is 4.67. The second-order valence-corrected chi connectivity index (χ2v) is 11.3. The molecule has 2 aromatic heterocycles. The number of nitrogens with two attached hydrogens (primary N) is 1. The van der Waals surface area contributed by atoms with Crippen molar-refractivity contribution in [2.24, 2.45) is 5.73 Å². The fraction of sp³-hybridized carbons (Fsp3) is 0.375. The topological polar surface area (TPSA) is 145 Å². The Hall–Kier alpha value is -3.31. The predicted molar refractivity (Wildman–Crippen MR) is 136 cm³/mol. The highest BCUT2D eigenvalue weighted by atomic mass is 35.5. The Kier molecular flexibility index (Phi) is 7.14. The second-order valence-electron chi connectivity index (χ2n) is 8.84. The average Bonchev–Trinajstić information content (AvgIpc) is 2.85. The number of aromatic nitrogens is 3. The Morgan fingerprint density at radius 2 is 1.92 bits per heavy atom. The molecule has 0 bridgehead atoms. The van der Waals surface area contributed by atoms with Gasteiger partial charge in [0.1, 0.15) is 5.82 Å². The first-order valence-corrected chi connectivity index (χ1v) is 13.8. The number of halogens is 1. The molecule has 1 aliphatic rings. The van der Waals surface area contributed by atoms with Crippen molar-refractivity contribution in [2.45, 2.75) is 56.0 Å². The minimum atomic E-state index is -3.61. The van der Waals surface area contributed by atoms with Crippen molar-refractivity contribution in [1.82, 2.24) is 14.5 Å². The molecule has 2 heterocycles. The zero-order valence-electron chi connectivity index (χ0n) is 19.8. The highest BCUT2D eigenvalue weighted by Crippen LogP contribution is 2.35. The van der Waals surface area contributed by atoms with E-state index in [9.17, 15) is 22.8 Å². The highest BCUT2D eigenvalue weighted by molar-refractivity contribution is 7.90. The molecule has 1 fully saturated rings. The predicted octanol–water partition coefficient (Wildman–Crippen LogP) is 2.87.